The third kappa shape index (κ3) is 2.88. The summed E-state index contributed by atoms with van der Waals surface area (Å²) in [4.78, 5) is 19.8. The van der Waals surface area contributed by atoms with Crippen LogP contribution in [0.1, 0.15) is 15.5 Å². The Balaban J connectivity index is 1.97. The second-order valence-corrected chi connectivity index (χ2v) is 7.47. The first-order valence-electron chi connectivity index (χ1n) is 6.96. The Morgan fingerprint density at radius 1 is 1.45 bits per heavy atom. The number of carbonyl (C=O) groups excluding carboxylic acids is 1. The standard InChI is InChI=1S/C15H16FN3OS2/c1-9-18-13(15(20)19-6-7-21-12(19)8-17)14(22-9)10-2-4-11(16)5-3-10/h2-5,12H,6-8,17H2,1H3. The molecule has 0 aliphatic carbocycles. The van der Waals surface area contributed by atoms with E-state index in [0.29, 0.717) is 18.8 Å². The molecule has 22 heavy (non-hydrogen) atoms. The van der Waals surface area contributed by atoms with Crippen LogP contribution in [0.25, 0.3) is 10.4 Å². The molecule has 1 amide bonds. The first-order valence-corrected chi connectivity index (χ1v) is 8.82. The van der Waals surface area contributed by atoms with Gasteiger partial charge in [-0.3, -0.25) is 4.79 Å². The summed E-state index contributed by atoms with van der Waals surface area (Å²) in [6.07, 6.45) is 0. The van der Waals surface area contributed by atoms with Crippen LogP contribution in [0.2, 0.25) is 0 Å². The van der Waals surface area contributed by atoms with E-state index in [0.717, 1.165) is 21.2 Å². The monoisotopic (exact) mass is 337 g/mol. The van der Waals surface area contributed by atoms with Crippen molar-refractivity contribution < 1.29 is 9.18 Å². The summed E-state index contributed by atoms with van der Waals surface area (Å²) in [5.74, 6) is 0.504. The fourth-order valence-electron chi connectivity index (χ4n) is 2.45. The van der Waals surface area contributed by atoms with Crippen LogP contribution in [-0.2, 0) is 0 Å². The van der Waals surface area contributed by atoms with Crippen molar-refractivity contribution in [3.63, 3.8) is 0 Å². The normalized spacial score (nSPS) is 18.0. The molecule has 0 radical (unpaired) electrons. The van der Waals surface area contributed by atoms with Crippen molar-refractivity contribution in [1.29, 1.82) is 0 Å². The number of amides is 1. The first-order chi connectivity index (χ1) is 10.6. The highest BCUT2D eigenvalue weighted by Gasteiger charge is 2.32. The first kappa shape index (κ1) is 15.5. The predicted molar refractivity (Wildman–Crippen MR) is 88.6 cm³/mol. The Morgan fingerprint density at radius 3 is 2.86 bits per heavy atom. The number of hydrogen-bond donors (Lipinski definition) is 1. The van der Waals surface area contributed by atoms with Crippen molar-refractivity contribution in [2.45, 2.75) is 12.3 Å². The molecule has 1 saturated heterocycles. The van der Waals surface area contributed by atoms with Gasteiger partial charge in [-0.1, -0.05) is 12.1 Å². The molecular weight excluding hydrogens is 321 g/mol. The molecule has 2 heterocycles. The molecule has 1 aliphatic rings. The van der Waals surface area contributed by atoms with Crippen LogP contribution in [0.5, 0.6) is 0 Å². The number of halogens is 1. The summed E-state index contributed by atoms with van der Waals surface area (Å²) in [5, 5.41) is 0.828. The van der Waals surface area contributed by atoms with E-state index in [9.17, 15) is 9.18 Å². The average Bonchev–Trinajstić information content (AvgIpc) is 3.13. The van der Waals surface area contributed by atoms with Gasteiger partial charge in [0.1, 0.15) is 11.5 Å². The van der Waals surface area contributed by atoms with Gasteiger partial charge in [0.2, 0.25) is 0 Å². The van der Waals surface area contributed by atoms with Crippen LogP contribution in [0.3, 0.4) is 0 Å². The lowest BCUT2D eigenvalue weighted by atomic mass is 10.1. The molecule has 1 aliphatic heterocycles. The fourth-order valence-corrected chi connectivity index (χ4v) is 4.46. The van der Waals surface area contributed by atoms with E-state index < -0.39 is 0 Å². The second-order valence-electron chi connectivity index (χ2n) is 4.98. The Kier molecular flexibility index (Phi) is 4.46. The molecule has 116 valence electrons. The second kappa shape index (κ2) is 6.36. The summed E-state index contributed by atoms with van der Waals surface area (Å²) in [5.41, 5.74) is 6.99. The van der Waals surface area contributed by atoms with E-state index in [4.69, 9.17) is 5.73 Å². The van der Waals surface area contributed by atoms with Gasteiger partial charge in [0, 0.05) is 18.8 Å². The minimum Gasteiger partial charge on any atom is -0.328 e. The SMILES string of the molecule is Cc1nc(C(=O)N2CCSC2CN)c(-c2ccc(F)cc2)s1. The lowest BCUT2D eigenvalue weighted by molar-refractivity contribution is 0.0759. The number of aromatic nitrogens is 1. The van der Waals surface area contributed by atoms with Crippen LogP contribution in [-0.4, -0.2) is 40.0 Å². The maximum Gasteiger partial charge on any atom is 0.274 e. The third-order valence-electron chi connectivity index (χ3n) is 3.50. The van der Waals surface area contributed by atoms with Crippen molar-refractivity contribution in [3.8, 4) is 10.4 Å². The maximum atomic E-state index is 13.1. The van der Waals surface area contributed by atoms with Crippen LogP contribution in [0, 0.1) is 12.7 Å². The van der Waals surface area contributed by atoms with E-state index in [2.05, 4.69) is 4.98 Å². The van der Waals surface area contributed by atoms with Crippen LogP contribution < -0.4 is 5.73 Å². The van der Waals surface area contributed by atoms with Crippen molar-refractivity contribution in [3.05, 3.63) is 40.8 Å². The summed E-state index contributed by atoms with van der Waals surface area (Å²) < 4.78 is 13.1. The van der Waals surface area contributed by atoms with Crippen molar-refractivity contribution in [2.24, 2.45) is 5.73 Å². The van der Waals surface area contributed by atoms with Gasteiger partial charge in [-0.05, 0) is 24.6 Å². The van der Waals surface area contributed by atoms with E-state index in [1.807, 2.05) is 6.92 Å². The molecule has 0 bridgehead atoms. The van der Waals surface area contributed by atoms with E-state index in [1.54, 1.807) is 28.8 Å². The number of aryl methyl sites for hydroxylation is 1. The molecule has 3 rings (SSSR count). The Labute approximate surface area is 136 Å². The van der Waals surface area contributed by atoms with Crippen molar-refractivity contribution in [2.75, 3.05) is 18.8 Å². The zero-order valence-corrected chi connectivity index (χ0v) is 13.7. The lowest BCUT2D eigenvalue weighted by Crippen LogP contribution is -2.39. The van der Waals surface area contributed by atoms with E-state index >= 15 is 0 Å². The molecule has 1 unspecified atom stereocenters. The van der Waals surface area contributed by atoms with Gasteiger partial charge in [0.25, 0.3) is 5.91 Å². The zero-order chi connectivity index (χ0) is 15.7. The predicted octanol–water partition coefficient (Wildman–Crippen LogP) is 2.73. The number of hydrogen-bond acceptors (Lipinski definition) is 5. The largest absolute Gasteiger partial charge is 0.328 e. The average molecular weight is 337 g/mol. The molecule has 7 heteroatoms. The summed E-state index contributed by atoms with van der Waals surface area (Å²) in [6, 6.07) is 6.15. The number of thiazole rings is 1. The van der Waals surface area contributed by atoms with Gasteiger partial charge in [-0.25, -0.2) is 9.37 Å². The van der Waals surface area contributed by atoms with E-state index in [-0.39, 0.29) is 17.1 Å². The van der Waals surface area contributed by atoms with Crippen LogP contribution in [0.15, 0.2) is 24.3 Å². The molecule has 1 atom stereocenters. The highest BCUT2D eigenvalue weighted by atomic mass is 32.2. The fraction of sp³-hybridized carbons (Fsp3) is 0.333. The minimum atomic E-state index is -0.294. The molecule has 0 spiro atoms. The highest BCUT2D eigenvalue weighted by Crippen LogP contribution is 2.33. The van der Waals surface area contributed by atoms with Gasteiger partial charge in [-0.2, -0.15) is 0 Å². The lowest BCUT2D eigenvalue weighted by Gasteiger charge is -2.22. The number of benzene rings is 1. The Hall–Kier alpha value is -1.44. The summed E-state index contributed by atoms with van der Waals surface area (Å²) >= 11 is 3.14. The quantitative estimate of drug-likeness (QED) is 0.935. The molecule has 2 N–H and O–H groups in total. The van der Waals surface area contributed by atoms with Gasteiger partial charge >= 0.3 is 0 Å². The van der Waals surface area contributed by atoms with Crippen molar-refractivity contribution >= 4 is 29.0 Å². The van der Waals surface area contributed by atoms with Gasteiger partial charge in [0.05, 0.1) is 15.3 Å². The number of thioether (sulfide) groups is 1. The molecule has 4 nitrogen and oxygen atoms in total. The molecule has 1 aromatic carbocycles. The molecule has 0 saturated carbocycles. The molecule has 1 aromatic heterocycles. The van der Waals surface area contributed by atoms with E-state index in [1.165, 1.54) is 23.5 Å². The third-order valence-corrected chi connectivity index (χ3v) is 5.77. The number of rotatable bonds is 3. The highest BCUT2D eigenvalue weighted by molar-refractivity contribution is 8.00. The summed E-state index contributed by atoms with van der Waals surface area (Å²) in [7, 11) is 0. The number of nitrogens with two attached hydrogens (primary N) is 1. The zero-order valence-electron chi connectivity index (χ0n) is 12.1. The Morgan fingerprint density at radius 2 is 2.18 bits per heavy atom. The van der Waals surface area contributed by atoms with Gasteiger partial charge < -0.3 is 10.6 Å². The van der Waals surface area contributed by atoms with Gasteiger partial charge in [-0.15, -0.1) is 23.1 Å². The van der Waals surface area contributed by atoms with Crippen LogP contribution in [0.4, 0.5) is 4.39 Å². The molecule has 1 fully saturated rings. The maximum absolute atomic E-state index is 13.1. The topological polar surface area (TPSA) is 59.2 Å². The smallest absolute Gasteiger partial charge is 0.274 e. The number of nitrogens with zero attached hydrogens (tertiary/aromatic N) is 2. The van der Waals surface area contributed by atoms with Crippen molar-refractivity contribution in [1.82, 2.24) is 9.88 Å². The molecular formula is C15H16FN3OS2. The van der Waals surface area contributed by atoms with Gasteiger partial charge in [0.15, 0.2) is 0 Å². The van der Waals surface area contributed by atoms with Crippen LogP contribution >= 0.6 is 23.1 Å². The molecule has 2 aromatic rings. The minimum absolute atomic E-state index is 0.00979. The summed E-state index contributed by atoms with van der Waals surface area (Å²) in [6.45, 7) is 2.99. The number of carbonyl (C=O) groups is 1. The Bertz CT molecular complexity index is 687.